The maximum atomic E-state index is 12.5. The molecule has 0 bridgehead atoms. The van der Waals surface area contributed by atoms with Crippen LogP contribution in [0.25, 0.3) is 11.4 Å². The molecule has 0 aliphatic rings. The Morgan fingerprint density at radius 2 is 1.90 bits per heavy atom. The predicted molar refractivity (Wildman–Crippen MR) is 65.8 cm³/mol. The number of aromatic amines is 1. The summed E-state index contributed by atoms with van der Waals surface area (Å²) in [7, 11) is 1.13. The van der Waals surface area contributed by atoms with Gasteiger partial charge in [-0.2, -0.15) is 13.2 Å². The minimum absolute atomic E-state index is 0.103. The smallest absolute Gasteiger partial charge is 0.416 e. The van der Waals surface area contributed by atoms with Gasteiger partial charge in [0.05, 0.1) is 12.7 Å². The minimum atomic E-state index is -4.44. The molecule has 1 N–H and O–H groups in total. The fourth-order valence-corrected chi connectivity index (χ4v) is 1.68. The van der Waals surface area contributed by atoms with Crippen LogP contribution in [-0.4, -0.2) is 29.3 Å². The van der Waals surface area contributed by atoms with Crippen molar-refractivity contribution in [3.8, 4) is 11.4 Å². The first kappa shape index (κ1) is 14.8. The summed E-state index contributed by atoms with van der Waals surface area (Å²) >= 11 is 0. The van der Waals surface area contributed by atoms with Gasteiger partial charge in [-0.05, 0) is 12.1 Å². The molecular weight excluding hydrogens is 289 g/mol. The number of nitrogens with zero attached hydrogens (tertiary/aromatic N) is 1. The highest BCUT2D eigenvalue weighted by molar-refractivity contribution is 5.96. The Labute approximate surface area is 116 Å². The van der Waals surface area contributed by atoms with Gasteiger partial charge in [-0.3, -0.25) is 4.79 Å². The maximum Gasteiger partial charge on any atom is 0.416 e. The van der Waals surface area contributed by atoms with Gasteiger partial charge < -0.3 is 9.72 Å². The zero-order valence-electron chi connectivity index (χ0n) is 10.7. The van der Waals surface area contributed by atoms with Crippen LogP contribution >= 0.6 is 0 Å². The second kappa shape index (κ2) is 5.39. The number of hydrogen-bond donors (Lipinski definition) is 1. The van der Waals surface area contributed by atoms with Crippen molar-refractivity contribution in [1.82, 2.24) is 9.97 Å². The predicted octanol–water partition coefficient (Wildman–Crippen LogP) is 2.69. The number of alkyl halides is 3. The summed E-state index contributed by atoms with van der Waals surface area (Å²) in [4.78, 5) is 28.7. The Bertz CT molecular complexity index is 675. The summed E-state index contributed by atoms with van der Waals surface area (Å²) in [6.45, 7) is 0. The van der Waals surface area contributed by atoms with E-state index in [0.29, 0.717) is 11.8 Å². The van der Waals surface area contributed by atoms with Gasteiger partial charge in [0.1, 0.15) is 11.5 Å². The minimum Gasteiger partial charge on any atom is -0.464 e. The van der Waals surface area contributed by atoms with Crippen molar-refractivity contribution in [1.29, 1.82) is 0 Å². The first-order valence-corrected chi connectivity index (χ1v) is 5.68. The molecule has 0 unspecified atom stereocenters. The third-order valence-electron chi connectivity index (χ3n) is 2.72. The molecule has 0 spiro atoms. The van der Waals surface area contributed by atoms with E-state index in [4.69, 9.17) is 0 Å². The van der Waals surface area contributed by atoms with E-state index in [2.05, 4.69) is 14.7 Å². The summed E-state index contributed by atoms with van der Waals surface area (Å²) in [5, 5.41) is 0. The zero-order valence-corrected chi connectivity index (χ0v) is 10.7. The molecule has 21 heavy (non-hydrogen) atoms. The van der Waals surface area contributed by atoms with Crippen LogP contribution < -0.4 is 0 Å². The van der Waals surface area contributed by atoms with Crippen LogP contribution in [0.4, 0.5) is 13.2 Å². The summed E-state index contributed by atoms with van der Waals surface area (Å²) in [5.41, 5.74) is -0.818. The fraction of sp³-hybridized carbons (Fsp3) is 0.154. The molecule has 0 aliphatic heterocycles. The number of nitrogens with one attached hydrogen (secondary N) is 1. The number of carbonyl (C=O) groups is 2. The first-order valence-electron chi connectivity index (χ1n) is 5.68. The van der Waals surface area contributed by atoms with Crippen LogP contribution in [0, 0.1) is 0 Å². The van der Waals surface area contributed by atoms with E-state index in [-0.39, 0.29) is 17.2 Å². The van der Waals surface area contributed by atoms with Crippen LogP contribution in [0.2, 0.25) is 0 Å². The average Bonchev–Trinajstić information content (AvgIpc) is 2.90. The number of ether oxygens (including phenoxy) is 1. The number of halogens is 3. The van der Waals surface area contributed by atoms with Crippen molar-refractivity contribution in [3.63, 3.8) is 0 Å². The third kappa shape index (κ3) is 2.93. The van der Waals surface area contributed by atoms with Crippen LogP contribution in [0.3, 0.4) is 0 Å². The number of carbonyl (C=O) groups excluding carboxylic acids is 2. The van der Waals surface area contributed by atoms with Crippen molar-refractivity contribution in [2.75, 3.05) is 7.11 Å². The fourth-order valence-electron chi connectivity index (χ4n) is 1.68. The Morgan fingerprint density at radius 3 is 2.38 bits per heavy atom. The van der Waals surface area contributed by atoms with Gasteiger partial charge in [0, 0.05) is 5.56 Å². The standard InChI is InChI=1S/C13H9F3N2O3/c1-21-12(20)10-9(6-19)17-11(18-10)7-2-4-8(5-3-7)13(14,15)16/h2-6H,1H3,(H,17,18). The normalized spacial score (nSPS) is 11.2. The largest absolute Gasteiger partial charge is 0.464 e. The molecule has 0 aliphatic carbocycles. The Balaban J connectivity index is 2.41. The van der Waals surface area contributed by atoms with Crippen LogP contribution in [-0.2, 0) is 10.9 Å². The van der Waals surface area contributed by atoms with Gasteiger partial charge in [-0.25, -0.2) is 9.78 Å². The molecule has 1 aromatic carbocycles. The highest BCUT2D eigenvalue weighted by Gasteiger charge is 2.30. The van der Waals surface area contributed by atoms with E-state index >= 15 is 0 Å². The summed E-state index contributed by atoms with van der Waals surface area (Å²) < 4.78 is 41.9. The van der Waals surface area contributed by atoms with Crippen LogP contribution in [0.5, 0.6) is 0 Å². The molecule has 1 aromatic heterocycles. The number of aldehydes is 1. The van der Waals surface area contributed by atoms with Gasteiger partial charge in [-0.1, -0.05) is 12.1 Å². The number of benzene rings is 1. The van der Waals surface area contributed by atoms with Crippen molar-refractivity contribution >= 4 is 12.3 Å². The van der Waals surface area contributed by atoms with E-state index < -0.39 is 17.7 Å². The molecule has 2 aromatic rings. The van der Waals surface area contributed by atoms with E-state index in [1.165, 1.54) is 12.1 Å². The lowest BCUT2D eigenvalue weighted by Gasteiger charge is -2.06. The van der Waals surface area contributed by atoms with E-state index in [1.807, 2.05) is 0 Å². The van der Waals surface area contributed by atoms with E-state index in [1.54, 1.807) is 0 Å². The molecule has 2 rings (SSSR count). The van der Waals surface area contributed by atoms with Gasteiger partial charge in [0.25, 0.3) is 0 Å². The average molecular weight is 298 g/mol. The summed E-state index contributed by atoms with van der Waals surface area (Å²) in [6.07, 6.45) is -4.08. The number of rotatable bonds is 3. The quantitative estimate of drug-likeness (QED) is 0.698. The molecule has 0 atom stereocenters. The summed E-state index contributed by atoms with van der Waals surface area (Å²) in [5.74, 6) is -0.686. The lowest BCUT2D eigenvalue weighted by molar-refractivity contribution is -0.137. The first-order chi connectivity index (χ1) is 9.86. The molecule has 0 saturated carbocycles. The number of H-pyrrole nitrogens is 1. The summed E-state index contributed by atoms with van der Waals surface area (Å²) in [6, 6.07) is 4.15. The number of aromatic nitrogens is 2. The lowest BCUT2D eigenvalue weighted by Crippen LogP contribution is -2.05. The molecule has 110 valence electrons. The molecule has 5 nitrogen and oxygen atoms in total. The maximum absolute atomic E-state index is 12.5. The molecule has 0 radical (unpaired) electrons. The van der Waals surface area contributed by atoms with Crippen molar-refractivity contribution in [2.24, 2.45) is 0 Å². The topological polar surface area (TPSA) is 72.1 Å². The highest BCUT2D eigenvalue weighted by atomic mass is 19.4. The van der Waals surface area contributed by atoms with Crippen LogP contribution in [0.1, 0.15) is 26.5 Å². The number of methoxy groups -OCH3 is 1. The van der Waals surface area contributed by atoms with Gasteiger partial charge in [-0.15, -0.1) is 0 Å². The Hall–Kier alpha value is -2.64. The lowest BCUT2D eigenvalue weighted by atomic mass is 10.1. The van der Waals surface area contributed by atoms with Crippen LogP contribution in [0.15, 0.2) is 24.3 Å². The van der Waals surface area contributed by atoms with Crippen molar-refractivity contribution < 1.29 is 27.5 Å². The molecule has 0 amide bonds. The SMILES string of the molecule is COC(=O)c1[nH]c(-c2ccc(C(F)(F)F)cc2)nc1C=O. The van der Waals surface area contributed by atoms with Crippen molar-refractivity contribution in [2.45, 2.75) is 6.18 Å². The second-order valence-corrected chi connectivity index (χ2v) is 4.03. The third-order valence-corrected chi connectivity index (χ3v) is 2.72. The number of imidazole rings is 1. The molecule has 8 heteroatoms. The zero-order chi connectivity index (χ0) is 15.6. The van der Waals surface area contributed by atoms with Crippen molar-refractivity contribution in [3.05, 3.63) is 41.2 Å². The molecule has 0 fully saturated rings. The van der Waals surface area contributed by atoms with E-state index in [9.17, 15) is 22.8 Å². The molecule has 0 saturated heterocycles. The monoisotopic (exact) mass is 298 g/mol. The molecule has 1 heterocycles. The highest BCUT2D eigenvalue weighted by Crippen LogP contribution is 2.30. The second-order valence-electron chi connectivity index (χ2n) is 4.03. The Morgan fingerprint density at radius 1 is 1.29 bits per heavy atom. The number of esters is 1. The molecular formula is C13H9F3N2O3. The number of hydrogen-bond acceptors (Lipinski definition) is 4. The van der Waals surface area contributed by atoms with E-state index in [0.717, 1.165) is 19.2 Å². The van der Waals surface area contributed by atoms with Gasteiger partial charge >= 0.3 is 12.1 Å². The van der Waals surface area contributed by atoms with Gasteiger partial charge in [0.2, 0.25) is 0 Å². The Kier molecular flexibility index (Phi) is 3.79. The van der Waals surface area contributed by atoms with Gasteiger partial charge in [0.15, 0.2) is 12.0 Å².